The maximum Gasteiger partial charge on any atom is 0.277 e. The lowest BCUT2D eigenvalue weighted by Crippen LogP contribution is -2.39. The summed E-state index contributed by atoms with van der Waals surface area (Å²) >= 11 is 0. The summed E-state index contributed by atoms with van der Waals surface area (Å²) in [5, 5.41) is 3.26. The van der Waals surface area contributed by atoms with Crippen molar-refractivity contribution >= 4 is 17.5 Å². The van der Waals surface area contributed by atoms with E-state index >= 15 is 0 Å². The minimum atomic E-state index is -0.0679. The minimum Gasteiger partial charge on any atom is -0.379 e. The number of nitrogens with one attached hydrogen (secondary N) is 1. The highest BCUT2D eigenvalue weighted by Gasteiger charge is 2.26. The Morgan fingerprint density at radius 3 is 2.85 bits per heavy atom. The average Bonchev–Trinajstić information content (AvgIpc) is 3.12. The number of aryl methyl sites for hydroxylation is 1. The third-order valence-electron chi connectivity index (χ3n) is 5.02. The van der Waals surface area contributed by atoms with Gasteiger partial charge >= 0.3 is 0 Å². The molecule has 2 aromatic rings. The van der Waals surface area contributed by atoms with Crippen molar-refractivity contribution in [3.63, 3.8) is 0 Å². The summed E-state index contributed by atoms with van der Waals surface area (Å²) in [6.07, 6.45) is 0.886. The smallest absolute Gasteiger partial charge is 0.277 e. The van der Waals surface area contributed by atoms with Gasteiger partial charge in [-0.25, -0.2) is 9.97 Å². The maximum absolute atomic E-state index is 13.0. The number of para-hydroxylation sites is 1. The number of fused-ring (bicyclic) bond motifs is 1. The number of amides is 1. The number of anilines is 2. The lowest BCUT2D eigenvalue weighted by atomic mass is 10.2. The zero-order valence-electron chi connectivity index (χ0n) is 15.6. The van der Waals surface area contributed by atoms with Gasteiger partial charge in [-0.05, 0) is 31.0 Å². The van der Waals surface area contributed by atoms with Crippen molar-refractivity contribution in [3.05, 3.63) is 47.3 Å². The molecule has 0 radical (unpaired) electrons. The van der Waals surface area contributed by atoms with Crippen LogP contribution in [0.15, 0.2) is 30.3 Å². The van der Waals surface area contributed by atoms with Crippen LogP contribution in [0.2, 0.25) is 0 Å². The van der Waals surface area contributed by atoms with E-state index in [1.165, 1.54) is 5.56 Å². The van der Waals surface area contributed by atoms with Gasteiger partial charge in [-0.3, -0.25) is 9.69 Å². The van der Waals surface area contributed by atoms with Crippen molar-refractivity contribution in [1.29, 1.82) is 0 Å². The van der Waals surface area contributed by atoms with E-state index in [0.717, 1.165) is 57.2 Å². The predicted octanol–water partition coefficient (Wildman–Crippen LogP) is 1.73. The number of nitrogens with zero attached hydrogens (tertiary/aromatic N) is 4. The van der Waals surface area contributed by atoms with Gasteiger partial charge < -0.3 is 15.0 Å². The van der Waals surface area contributed by atoms with Gasteiger partial charge in [0.05, 0.1) is 13.2 Å². The molecule has 0 saturated carbocycles. The van der Waals surface area contributed by atoms with Crippen LogP contribution in [0.1, 0.15) is 21.7 Å². The molecule has 142 valence electrons. The molecule has 1 N–H and O–H groups in total. The monoisotopic (exact) mass is 367 g/mol. The van der Waals surface area contributed by atoms with Gasteiger partial charge in [0.25, 0.3) is 5.91 Å². The van der Waals surface area contributed by atoms with E-state index < -0.39 is 0 Å². The fraction of sp³-hybridized carbons (Fsp3) is 0.450. The second kappa shape index (κ2) is 8.02. The van der Waals surface area contributed by atoms with E-state index in [1.54, 1.807) is 6.07 Å². The summed E-state index contributed by atoms with van der Waals surface area (Å²) in [7, 11) is 0. The van der Waals surface area contributed by atoms with Crippen molar-refractivity contribution in [2.24, 2.45) is 0 Å². The molecule has 7 nitrogen and oxygen atoms in total. The molecule has 1 saturated heterocycles. The fourth-order valence-corrected chi connectivity index (χ4v) is 3.60. The average molecular weight is 367 g/mol. The van der Waals surface area contributed by atoms with Gasteiger partial charge in [0.15, 0.2) is 0 Å². The molecular weight excluding hydrogens is 342 g/mol. The number of aromatic nitrogens is 2. The first-order valence-corrected chi connectivity index (χ1v) is 9.50. The standard InChI is InChI=1S/C20H25N5O2/c1-15-14-17(19(26)25-8-6-16-4-2-3-5-18(16)25)23-20(22-15)21-7-9-24-10-12-27-13-11-24/h2-5,14H,6-13H2,1H3,(H,21,22,23). The number of ether oxygens (including phenoxy) is 1. The topological polar surface area (TPSA) is 70.6 Å². The molecule has 2 aliphatic heterocycles. The quantitative estimate of drug-likeness (QED) is 0.868. The lowest BCUT2D eigenvalue weighted by molar-refractivity contribution is 0.0398. The first kappa shape index (κ1) is 17.9. The Kier molecular flexibility index (Phi) is 5.31. The van der Waals surface area contributed by atoms with Crippen LogP contribution < -0.4 is 10.2 Å². The summed E-state index contributed by atoms with van der Waals surface area (Å²) in [6.45, 7) is 7.72. The Morgan fingerprint density at radius 1 is 1.19 bits per heavy atom. The van der Waals surface area contributed by atoms with Crippen molar-refractivity contribution < 1.29 is 9.53 Å². The molecule has 1 aromatic carbocycles. The van der Waals surface area contributed by atoms with Crippen LogP contribution in [0.3, 0.4) is 0 Å². The Bertz CT molecular complexity index is 820. The number of hydrogen-bond acceptors (Lipinski definition) is 6. The zero-order valence-corrected chi connectivity index (χ0v) is 15.6. The highest BCUT2D eigenvalue weighted by molar-refractivity contribution is 6.06. The lowest BCUT2D eigenvalue weighted by Gasteiger charge is -2.26. The van der Waals surface area contributed by atoms with E-state index in [9.17, 15) is 4.79 Å². The Balaban J connectivity index is 1.43. The molecule has 1 fully saturated rings. The zero-order chi connectivity index (χ0) is 18.6. The molecule has 0 bridgehead atoms. The number of rotatable bonds is 5. The maximum atomic E-state index is 13.0. The number of carbonyl (C=O) groups excluding carboxylic acids is 1. The Hall–Kier alpha value is -2.51. The van der Waals surface area contributed by atoms with Gasteiger partial charge in [0.1, 0.15) is 5.69 Å². The summed E-state index contributed by atoms with van der Waals surface area (Å²) < 4.78 is 5.37. The number of carbonyl (C=O) groups is 1. The first-order valence-electron chi connectivity index (χ1n) is 9.50. The van der Waals surface area contributed by atoms with Crippen LogP contribution >= 0.6 is 0 Å². The van der Waals surface area contributed by atoms with Gasteiger partial charge in [-0.15, -0.1) is 0 Å². The van der Waals surface area contributed by atoms with Crippen molar-refractivity contribution in [3.8, 4) is 0 Å². The fourth-order valence-electron chi connectivity index (χ4n) is 3.60. The van der Waals surface area contributed by atoms with Gasteiger partial charge in [-0.2, -0.15) is 0 Å². The van der Waals surface area contributed by atoms with Gasteiger partial charge in [-0.1, -0.05) is 18.2 Å². The highest BCUT2D eigenvalue weighted by atomic mass is 16.5. The number of morpholine rings is 1. The third-order valence-corrected chi connectivity index (χ3v) is 5.02. The van der Waals surface area contributed by atoms with Crippen LogP contribution in [-0.2, 0) is 11.2 Å². The Morgan fingerprint density at radius 2 is 2.00 bits per heavy atom. The molecule has 2 aliphatic rings. The van der Waals surface area contributed by atoms with Gasteiger partial charge in [0, 0.05) is 44.1 Å². The summed E-state index contributed by atoms with van der Waals surface area (Å²) in [6, 6.07) is 9.81. The largest absolute Gasteiger partial charge is 0.379 e. The number of hydrogen-bond donors (Lipinski definition) is 1. The van der Waals surface area contributed by atoms with Crippen molar-refractivity contribution in [2.45, 2.75) is 13.3 Å². The summed E-state index contributed by atoms with van der Waals surface area (Å²) in [4.78, 5) is 26.1. The summed E-state index contributed by atoms with van der Waals surface area (Å²) in [5.41, 5.74) is 3.42. The molecule has 0 atom stereocenters. The molecule has 0 aliphatic carbocycles. The van der Waals surface area contributed by atoms with E-state index in [1.807, 2.05) is 30.0 Å². The number of benzene rings is 1. The molecule has 0 unspecified atom stereocenters. The van der Waals surface area contributed by atoms with Crippen LogP contribution in [0.4, 0.5) is 11.6 Å². The van der Waals surface area contributed by atoms with Crippen LogP contribution in [0.5, 0.6) is 0 Å². The Labute approximate surface area is 159 Å². The van der Waals surface area contributed by atoms with E-state index in [0.29, 0.717) is 18.2 Å². The van der Waals surface area contributed by atoms with E-state index in [4.69, 9.17) is 4.74 Å². The second-order valence-electron chi connectivity index (χ2n) is 6.93. The van der Waals surface area contributed by atoms with Gasteiger partial charge in [0.2, 0.25) is 5.95 Å². The third kappa shape index (κ3) is 4.09. The SMILES string of the molecule is Cc1cc(C(=O)N2CCc3ccccc32)nc(NCCN2CCOCC2)n1. The molecular formula is C20H25N5O2. The molecule has 0 spiro atoms. The van der Waals surface area contributed by atoms with Crippen molar-refractivity contribution in [2.75, 3.05) is 56.2 Å². The van der Waals surface area contributed by atoms with E-state index in [2.05, 4.69) is 26.3 Å². The summed E-state index contributed by atoms with van der Waals surface area (Å²) in [5.74, 6) is 0.445. The molecule has 7 heteroatoms. The van der Waals surface area contributed by atoms with Crippen LogP contribution in [0, 0.1) is 6.92 Å². The second-order valence-corrected chi connectivity index (χ2v) is 6.93. The van der Waals surface area contributed by atoms with Crippen molar-refractivity contribution in [1.82, 2.24) is 14.9 Å². The first-order chi connectivity index (χ1) is 13.2. The highest BCUT2D eigenvalue weighted by Crippen LogP contribution is 2.28. The van der Waals surface area contributed by atoms with Crippen LogP contribution in [0.25, 0.3) is 0 Å². The molecule has 3 heterocycles. The predicted molar refractivity (Wildman–Crippen MR) is 104 cm³/mol. The minimum absolute atomic E-state index is 0.0679. The normalized spacial score (nSPS) is 17.0. The van der Waals surface area contributed by atoms with E-state index in [-0.39, 0.29) is 5.91 Å². The molecule has 27 heavy (non-hydrogen) atoms. The molecule has 4 rings (SSSR count). The molecule has 1 amide bonds. The van der Waals surface area contributed by atoms with Crippen LogP contribution in [-0.4, -0.2) is 66.7 Å². The molecule has 1 aromatic heterocycles.